The fourth-order valence-electron chi connectivity index (χ4n) is 4.70. The first-order chi connectivity index (χ1) is 13.5. The maximum Gasteiger partial charge on any atom is 0.235 e. The Balaban J connectivity index is 1.70. The second-order valence-electron chi connectivity index (χ2n) is 8.21. The maximum atomic E-state index is 13.5. The van der Waals surface area contributed by atoms with Crippen LogP contribution in [0.25, 0.3) is 11.1 Å². The molecular weight excluding hydrogens is 370 g/mol. The van der Waals surface area contributed by atoms with Crippen LogP contribution in [0.3, 0.4) is 0 Å². The zero-order chi connectivity index (χ0) is 19.7. The van der Waals surface area contributed by atoms with Gasteiger partial charge in [-0.05, 0) is 60.2 Å². The van der Waals surface area contributed by atoms with Crippen molar-refractivity contribution in [1.29, 1.82) is 0 Å². The van der Waals surface area contributed by atoms with E-state index in [1.54, 1.807) is 0 Å². The van der Waals surface area contributed by atoms with Crippen LogP contribution in [0.2, 0.25) is 5.02 Å². The van der Waals surface area contributed by atoms with Gasteiger partial charge in [-0.15, -0.1) is 0 Å². The highest BCUT2D eigenvalue weighted by Crippen LogP contribution is 2.39. The van der Waals surface area contributed by atoms with Crippen LogP contribution in [0, 0.1) is 6.92 Å². The van der Waals surface area contributed by atoms with Crippen molar-refractivity contribution in [3.8, 4) is 11.1 Å². The van der Waals surface area contributed by atoms with Crippen LogP contribution in [0.5, 0.6) is 0 Å². The number of carbonyl (C=O) groups excluding carboxylic acids is 2. The molecule has 1 unspecified atom stereocenters. The van der Waals surface area contributed by atoms with Gasteiger partial charge in [0.25, 0.3) is 0 Å². The summed E-state index contributed by atoms with van der Waals surface area (Å²) >= 11 is 6.01. The SMILES string of the molecule is Cc1ccc(-c2ccc(Cl)cc2)cc1C1C(=O)NC2(CCCCCCC2)C1=O. The van der Waals surface area contributed by atoms with Crippen LogP contribution in [0.1, 0.15) is 62.0 Å². The van der Waals surface area contributed by atoms with E-state index in [9.17, 15) is 9.59 Å². The molecule has 1 aliphatic carbocycles. The average molecular weight is 396 g/mol. The highest BCUT2D eigenvalue weighted by Gasteiger charge is 2.52. The molecule has 1 N–H and O–H groups in total. The highest BCUT2D eigenvalue weighted by atomic mass is 35.5. The molecule has 2 fully saturated rings. The monoisotopic (exact) mass is 395 g/mol. The number of ketones is 1. The molecule has 4 heteroatoms. The first-order valence-corrected chi connectivity index (χ1v) is 10.6. The highest BCUT2D eigenvalue weighted by molar-refractivity contribution is 6.30. The van der Waals surface area contributed by atoms with Crippen molar-refractivity contribution < 1.29 is 9.59 Å². The number of benzene rings is 2. The van der Waals surface area contributed by atoms with E-state index < -0.39 is 11.5 Å². The van der Waals surface area contributed by atoms with Crippen molar-refractivity contribution in [1.82, 2.24) is 5.32 Å². The lowest BCUT2D eigenvalue weighted by atomic mass is 9.78. The molecule has 1 heterocycles. The maximum absolute atomic E-state index is 13.5. The number of aryl methyl sites for hydroxylation is 1. The van der Waals surface area contributed by atoms with E-state index in [0.29, 0.717) is 5.02 Å². The number of halogens is 1. The van der Waals surface area contributed by atoms with Gasteiger partial charge in [-0.3, -0.25) is 9.59 Å². The third-order valence-corrected chi connectivity index (χ3v) is 6.59. The predicted octanol–water partition coefficient (Wildman–Crippen LogP) is 5.58. The fourth-order valence-corrected chi connectivity index (χ4v) is 4.83. The molecule has 0 radical (unpaired) electrons. The Morgan fingerprint density at radius 1 is 0.893 bits per heavy atom. The summed E-state index contributed by atoms with van der Waals surface area (Å²) in [5.41, 5.74) is 3.17. The van der Waals surface area contributed by atoms with Crippen molar-refractivity contribution in [2.45, 2.75) is 63.3 Å². The van der Waals surface area contributed by atoms with Crippen LogP contribution in [0.4, 0.5) is 0 Å². The molecule has 1 amide bonds. The van der Waals surface area contributed by atoms with E-state index in [-0.39, 0.29) is 11.7 Å². The fraction of sp³-hybridized carbons (Fsp3) is 0.417. The molecule has 1 saturated carbocycles. The molecule has 1 atom stereocenters. The summed E-state index contributed by atoms with van der Waals surface area (Å²) in [6, 6.07) is 13.7. The van der Waals surface area contributed by atoms with E-state index in [1.165, 1.54) is 6.42 Å². The van der Waals surface area contributed by atoms with E-state index in [0.717, 1.165) is 60.8 Å². The van der Waals surface area contributed by atoms with Crippen molar-refractivity contribution in [3.05, 3.63) is 58.6 Å². The van der Waals surface area contributed by atoms with Gasteiger partial charge >= 0.3 is 0 Å². The molecule has 3 nitrogen and oxygen atoms in total. The Hall–Kier alpha value is -2.13. The van der Waals surface area contributed by atoms with Gasteiger partial charge in [0, 0.05) is 5.02 Å². The number of carbonyl (C=O) groups is 2. The van der Waals surface area contributed by atoms with Crippen LogP contribution in [0.15, 0.2) is 42.5 Å². The third kappa shape index (κ3) is 3.48. The smallest absolute Gasteiger partial charge is 0.235 e. The summed E-state index contributed by atoms with van der Waals surface area (Å²) in [5, 5.41) is 3.81. The van der Waals surface area contributed by atoms with E-state index in [4.69, 9.17) is 11.6 Å². The minimum absolute atomic E-state index is 0.0655. The van der Waals surface area contributed by atoms with Gasteiger partial charge < -0.3 is 5.32 Å². The second-order valence-corrected chi connectivity index (χ2v) is 8.65. The standard InChI is InChI=1S/C24H26ClNO2/c1-16-7-8-18(17-9-11-19(25)12-10-17)15-20(16)21-22(27)24(26-23(21)28)13-5-3-2-4-6-14-24/h7-12,15,21H,2-6,13-14H2,1H3,(H,26,28). The Labute approximate surface area is 171 Å². The number of rotatable bonds is 2. The van der Waals surface area contributed by atoms with E-state index in [1.807, 2.05) is 49.4 Å². The Bertz CT molecular complexity index is 895. The third-order valence-electron chi connectivity index (χ3n) is 6.33. The first kappa shape index (κ1) is 19.2. The van der Waals surface area contributed by atoms with Crippen LogP contribution >= 0.6 is 11.6 Å². The van der Waals surface area contributed by atoms with Gasteiger partial charge in [0.05, 0.1) is 5.54 Å². The zero-order valence-electron chi connectivity index (χ0n) is 16.3. The summed E-state index contributed by atoms with van der Waals surface area (Å²) < 4.78 is 0. The molecule has 4 rings (SSSR count). The number of hydrogen-bond donors (Lipinski definition) is 1. The Morgan fingerprint density at radius 3 is 2.18 bits per heavy atom. The molecule has 146 valence electrons. The van der Waals surface area contributed by atoms with Crippen molar-refractivity contribution in [2.75, 3.05) is 0 Å². The molecule has 0 aromatic heterocycles. The lowest BCUT2D eigenvalue weighted by Crippen LogP contribution is -2.46. The van der Waals surface area contributed by atoms with Crippen molar-refractivity contribution >= 4 is 23.3 Å². The zero-order valence-corrected chi connectivity index (χ0v) is 17.0. The minimum Gasteiger partial charge on any atom is -0.343 e. The predicted molar refractivity (Wildman–Crippen MR) is 113 cm³/mol. The average Bonchev–Trinajstić information content (AvgIpc) is 2.90. The van der Waals surface area contributed by atoms with Crippen LogP contribution in [-0.4, -0.2) is 17.2 Å². The molecular formula is C24H26ClNO2. The van der Waals surface area contributed by atoms with Crippen molar-refractivity contribution in [3.63, 3.8) is 0 Å². The molecule has 28 heavy (non-hydrogen) atoms. The second kappa shape index (κ2) is 7.71. The number of nitrogens with one attached hydrogen (secondary N) is 1. The van der Waals surface area contributed by atoms with Gasteiger partial charge in [0.2, 0.25) is 5.91 Å². The van der Waals surface area contributed by atoms with Gasteiger partial charge in [-0.25, -0.2) is 0 Å². The number of Topliss-reactive ketones (excluding diaryl/α,β-unsaturated/α-hetero) is 1. The summed E-state index contributed by atoms with van der Waals surface area (Å²) in [6.07, 6.45) is 7.05. The molecule has 2 aliphatic rings. The number of amides is 1. The Morgan fingerprint density at radius 2 is 1.50 bits per heavy atom. The summed E-state index contributed by atoms with van der Waals surface area (Å²) in [6.45, 7) is 1.98. The lowest BCUT2D eigenvalue weighted by Gasteiger charge is -2.29. The number of hydrogen-bond acceptors (Lipinski definition) is 2. The van der Waals surface area contributed by atoms with Crippen LogP contribution < -0.4 is 5.32 Å². The molecule has 1 aliphatic heterocycles. The molecule has 1 spiro atoms. The van der Waals surface area contributed by atoms with Gasteiger partial charge in [-0.2, -0.15) is 0 Å². The first-order valence-electron chi connectivity index (χ1n) is 10.2. The molecule has 0 bridgehead atoms. The summed E-state index contributed by atoms with van der Waals surface area (Å²) in [7, 11) is 0. The largest absolute Gasteiger partial charge is 0.343 e. The minimum atomic E-state index is -0.702. The topological polar surface area (TPSA) is 46.2 Å². The van der Waals surface area contributed by atoms with Gasteiger partial charge in [-0.1, -0.05) is 68.0 Å². The molecule has 1 saturated heterocycles. The quantitative estimate of drug-likeness (QED) is 0.674. The lowest BCUT2D eigenvalue weighted by molar-refractivity contribution is -0.125. The normalized spacial score (nSPS) is 22.0. The van der Waals surface area contributed by atoms with Gasteiger partial charge in [0.15, 0.2) is 5.78 Å². The Kier molecular flexibility index (Phi) is 5.29. The molecule has 2 aromatic rings. The van der Waals surface area contributed by atoms with E-state index in [2.05, 4.69) is 5.32 Å². The summed E-state index contributed by atoms with van der Waals surface area (Å²) in [4.78, 5) is 26.5. The molecule has 2 aromatic carbocycles. The van der Waals surface area contributed by atoms with Crippen LogP contribution in [-0.2, 0) is 9.59 Å². The van der Waals surface area contributed by atoms with Crippen molar-refractivity contribution in [2.24, 2.45) is 0 Å². The summed E-state index contributed by atoms with van der Waals surface area (Å²) in [5.74, 6) is -0.774. The van der Waals surface area contributed by atoms with E-state index >= 15 is 0 Å². The van der Waals surface area contributed by atoms with Gasteiger partial charge in [0.1, 0.15) is 5.92 Å².